The Kier molecular flexibility index (Phi) is 7.78. The van der Waals surface area contributed by atoms with E-state index in [0.29, 0.717) is 24.5 Å². The fourth-order valence-electron chi connectivity index (χ4n) is 6.58. The molecule has 1 aliphatic heterocycles. The number of hydrogen-bond acceptors (Lipinski definition) is 5. The Balaban J connectivity index is 1.80. The molecule has 1 heterocycles. The van der Waals surface area contributed by atoms with Crippen LogP contribution in [0, 0.1) is 23.7 Å². The lowest BCUT2D eigenvalue weighted by Crippen LogP contribution is -2.49. The first-order valence-electron chi connectivity index (χ1n) is 13.2. The summed E-state index contributed by atoms with van der Waals surface area (Å²) >= 11 is 0. The predicted octanol–water partition coefficient (Wildman–Crippen LogP) is 5.38. The summed E-state index contributed by atoms with van der Waals surface area (Å²) in [7, 11) is 0. The molecule has 6 unspecified atom stereocenters. The summed E-state index contributed by atoms with van der Waals surface area (Å²) in [5.41, 5.74) is 4.89. The number of aliphatic imine (C=N–C) groups is 1. The molecule has 4 rings (SSSR count). The summed E-state index contributed by atoms with van der Waals surface area (Å²) in [5, 5.41) is 3.69. The quantitative estimate of drug-likeness (QED) is 0.548. The second-order valence-electron chi connectivity index (χ2n) is 10.2. The highest BCUT2D eigenvalue weighted by molar-refractivity contribution is 6.10. The van der Waals surface area contributed by atoms with E-state index in [1.54, 1.807) is 0 Å². The van der Waals surface area contributed by atoms with Crippen LogP contribution in [0.15, 0.2) is 39.6 Å². The molecule has 5 heteroatoms. The van der Waals surface area contributed by atoms with Gasteiger partial charge in [-0.25, -0.2) is 0 Å². The molecule has 0 aromatic carbocycles. The Hall–Kier alpha value is -1.88. The number of carbonyl (C=O) groups excluding carboxylic acids is 1. The number of fused-ring (bicyclic) bond motifs is 2. The minimum absolute atomic E-state index is 0.0111. The number of ether oxygens (including phenoxy) is 2. The Bertz CT molecular complexity index is 868. The Morgan fingerprint density at radius 3 is 2.67 bits per heavy atom. The highest BCUT2D eigenvalue weighted by Gasteiger charge is 2.47. The molecule has 2 fully saturated rings. The van der Waals surface area contributed by atoms with Crippen LogP contribution in [0.25, 0.3) is 0 Å². The highest BCUT2D eigenvalue weighted by atomic mass is 16.5. The molecule has 0 bridgehead atoms. The van der Waals surface area contributed by atoms with Crippen molar-refractivity contribution in [2.45, 2.75) is 85.3 Å². The molecule has 6 atom stereocenters. The van der Waals surface area contributed by atoms with Crippen molar-refractivity contribution < 1.29 is 14.3 Å². The maximum Gasteiger partial charge on any atom is 0.309 e. The molecule has 182 valence electrons. The van der Waals surface area contributed by atoms with Crippen molar-refractivity contribution in [1.29, 1.82) is 0 Å². The number of nitrogens with one attached hydrogen (secondary N) is 1. The van der Waals surface area contributed by atoms with E-state index in [4.69, 9.17) is 14.5 Å². The lowest BCUT2D eigenvalue weighted by atomic mass is 9.63. The Morgan fingerprint density at radius 2 is 1.94 bits per heavy atom. The largest absolute Gasteiger partial charge is 0.489 e. The number of carbonyl (C=O) groups is 1. The Labute approximate surface area is 199 Å². The molecule has 2 saturated carbocycles. The van der Waals surface area contributed by atoms with Gasteiger partial charge in [0.2, 0.25) is 0 Å². The molecule has 0 saturated heterocycles. The van der Waals surface area contributed by atoms with Crippen molar-refractivity contribution in [1.82, 2.24) is 5.32 Å². The molecular weight excluding hydrogens is 412 g/mol. The molecular formula is C28H42N2O3. The van der Waals surface area contributed by atoms with Crippen LogP contribution in [-0.2, 0) is 14.3 Å². The van der Waals surface area contributed by atoms with E-state index in [-0.39, 0.29) is 23.9 Å². The van der Waals surface area contributed by atoms with E-state index in [0.717, 1.165) is 56.7 Å². The second-order valence-corrected chi connectivity index (χ2v) is 10.2. The average molecular weight is 455 g/mol. The van der Waals surface area contributed by atoms with Crippen LogP contribution in [0.5, 0.6) is 0 Å². The van der Waals surface area contributed by atoms with E-state index < -0.39 is 0 Å². The lowest BCUT2D eigenvalue weighted by Gasteiger charge is -2.48. The van der Waals surface area contributed by atoms with E-state index in [2.05, 4.69) is 45.2 Å². The lowest BCUT2D eigenvalue weighted by molar-refractivity contribution is -0.151. The number of rotatable bonds is 6. The minimum atomic E-state index is -0.0394. The summed E-state index contributed by atoms with van der Waals surface area (Å²) in [6.07, 6.45) is 11.0. The van der Waals surface area contributed by atoms with Gasteiger partial charge in [0.15, 0.2) is 0 Å². The van der Waals surface area contributed by atoms with Gasteiger partial charge in [-0.3, -0.25) is 9.79 Å². The van der Waals surface area contributed by atoms with Gasteiger partial charge in [0.1, 0.15) is 11.9 Å². The molecule has 5 nitrogen and oxygen atoms in total. The van der Waals surface area contributed by atoms with Crippen LogP contribution in [-0.4, -0.2) is 43.5 Å². The molecule has 0 radical (unpaired) electrons. The first-order chi connectivity index (χ1) is 16.0. The monoisotopic (exact) mass is 454 g/mol. The van der Waals surface area contributed by atoms with Gasteiger partial charge in [0.25, 0.3) is 0 Å². The first kappa shape index (κ1) is 24.3. The van der Waals surface area contributed by atoms with Crippen molar-refractivity contribution in [3.63, 3.8) is 0 Å². The number of allylic oxidation sites excluding steroid dienone is 3. The van der Waals surface area contributed by atoms with Crippen LogP contribution in [0.2, 0.25) is 0 Å². The zero-order chi connectivity index (χ0) is 23.5. The molecule has 33 heavy (non-hydrogen) atoms. The van der Waals surface area contributed by atoms with E-state index in [9.17, 15) is 4.79 Å². The molecule has 0 spiro atoms. The molecule has 0 aromatic heterocycles. The maximum atomic E-state index is 13.0. The van der Waals surface area contributed by atoms with Gasteiger partial charge in [0, 0.05) is 36.6 Å². The van der Waals surface area contributed by atoms with Crippen LogP contribution in [0.1, 0.15) is 73.1 Å². The minimum Gasteiger partial charge on any atom is -0.489 e. The van der Waals surface area contributed by atoms with Crippen LogP contribution in [0.3, 0.4) is 0 Å². The standard InChI is InChI=1S/C28H42N2O3/c1-6-29-23-15-25-21(13-17(23)4)27(19-11-9-10-12-20(19)28(31)32-8-3)22-14-18(5)24(30-7-2)16-26(22)33-25/h13,15,18-20,22,24,26,30H,6-12,14,16H2,1-5H3. The van der Waals surface area contributed by atoms with Gasteiger partial charge in [0.05, 0.1) is 18.2 Å². The third kappa shape index (κ3) is 4.84. The molecule has 0 aromatic rings. The third-order valence-electron chi connectivity index (χ3n) is 8.08. The average Bonchev–Trinajstić information content (AvgIpc) is 2.80. The molecule has 0 amide bonds. The second kappa shape index (κ2) is 10.6. The predicted molar refractivity (Wildman–Crippen MR) is 133 cm³/mol. The van der Waals surface area contributed by atoms with Crippen molar-refractivity contribution in [3.05, 3.63) is 34.6 Å². The normalized spacial score (nSPS) is 35.2. The smallest absolute Gasteiger partial charge is 0.309 e. The molecule has 4 aliphatic rings. The van der Waals surface area contributed by atoms with Crippen molar-refractivity contribution >= 4 is 11.7 Å². The van der Waals surface area contributed by atoms with Gasteiger partial charge in [-0.05, 0) is 75.6 Å². The van der Waals surface area contributed by atoms with Crippen LogP contribution >= 0.6 is 0 Å². The summed E-state index contributed by atoms with van der Waals surface area (Å²) < 4.78 is 12.3. The highest BCUT2D eigenvalue weighted by Crippen LogP contribution is 2.51. The van der Waals surface area contributed by atoms with Crippen LogP contribution < -0.4 is 5.32 Å². The Morgan fingerprint density at radius 1 is 1.15 bits per heavy atom. The first-order valence-corrected chi connectivity index (χ1v) is 13.2. The SMILES string of the molecule is CCN=C1C=C2OC3CC(NCC)C(C)CC3C(C3CCCCC3C(=O)OCC)=C2C=C1C. The van der Waals surface area contributed by atoms with Gasteiger partial charge in [-0.15, -0.1) is 0 Å². The maximum absolute atomic E-state index is 13.0. The van der Waals surface area contributed by atoms with Gasteiger partial charge in [-0.2, -0.15) is 0 Å². The number of nitrogens with zero attached hydrogens (tertiary/aromatic N) is 1. The number of hydrogen-bond donors (Lipinski definition) is 1. The fourth-order valence-corrected chi connectivity index (χ4v) is 6.58. The van der Waals surface area contributed by atoms with Gasteiger partial charge < -0.3 is 14.8 Å². The molecule has 1 N–H and O–H groups in total. The third-order valence-corrected chi connectivity index (χ3v) is 8.08. The van der Waals surface area contributed by atoms with Gasteiger partial charge >= 0.3 is 5.97 Å². The topological polar surface area (TPSA) is 59.9 Å². The van der Waals surface area contributed by atoms with E-state index >= 15 is 0 Å². The van der Waals surface area contributed by atoms with Gasteiger partial charge in [-0.1, -0.05) is 26.7 Å². The van der Waals surface area contributed by atoms with Crippen molar-refractivity contribution in [2.24, 2.45) is 28.7 Å². The molecule has 3 aliphatic carbocycles. The zero-order valence-electron chi connectivity index (χ0n) is 21.2. The fraction of sp³-hybridized carbons (Fsp3) is 0.714. The van der Waals surface area contributed by atoms with Crippen molar-refractivity contribution in [3.8, 4) is 0 Å². The summed E-state index contributed by atoms with van der Waals surface area (Å²) in [4.78, 5) is 17.7. The zero-order valence-corrected chi connectivity index (χ0v) is 21.2. The summed E-state index contributed by atoms with van der Waals surface area (Å²) in [6, 6.07) is 0.469. The van der Waals surface area contributed by atoms with E-state index in [1.807, 2.05) is 6.92 Å². The van der Waals surface area contributed by atoms with Crippen LogP contribution in [0.4, 0.5) is 0 Å². The number of esters is 1. The van der Waals surface area contributed by atoms with Crippen molar-refractivity contribution in [2.75, 3.05) is 19.7 Å². The summed E-state index contributed by atoms with van der Waals surface area (Å²) in [6.45, 7) is 12.9. The summed E-state index contributed by atoms with van der Waals surface area (Å²) in [5.74, 6) is 2.08. The van der Waals surface area contributed by atoms with E-state index in [1.165, 1.54) is 23.1 Å².